The molecule has 0 unspecified atom stereocenters. The lowest BCUT2D eigenvalue weighted by Gasteiger charge is -2.08. The van der Waals surface area contributed by atoms with E-state index in [-0.39, 0.29) is 24.8 Å². The fourth-order valence-corrected chi connectivity index (χ4v) is 0.227. The van der Waals surface area contributed by atoms with Gasteiger partial charge in [-0.3, -0.25) is 0 Å². The first-order chi connectivity index (χ1) is 3.71. The third-order valence-corrected chi connectivity index (χ3v) is 0.401. The summed E-state index contributed by atoms with van der Waals surface area (Å²) in [6.07, 6.45) is -13.0. The zero-order chi connectivity index (χ0) is 7.71. The van der Waals surface area contributed by atoms with Crippen molar-refractivity contribution in [2.75, 3.05) is 0 Å². The van der Waals surface area contributed by atoms with Crippen LogP contribution in [0.15, 0.2) is 0 Å². The van der Waals surface area contributed by atoms with Gasteiger partial charge in [0.05, 0.1) is 0 Å². The third kappa shape index (κ3) is 17.8. The van der Waals surface area contributed by atoms with Crippen LogP contribution in [0, 0.1) is 0 Å². The first kappa shape index (κ1) is 17.3. The lowest BCUT2D eigenvalue weighted by Crippen LogP contribution is -2.20. The molecule has 0 saturated carbocycles. The van der Waals surface area contributed by atoms with E-state index in [2.05, 4.69) is 0 Å². The summed E-state index contributed by atoms with van der Waals surface area (Å²) >= 11 is 0. The molecule has 0 aromatic carbocycles. The minimum absolute atomic E-state index is 0. The van der Waals surface area contributed by atoms with Crippen LogP contribution in [0.4, 0.5) is 26.3 Å². The van der Waals surface area contributed by atoms with E-state index >= 15 is 0 Å². The van der Waals surface area contributed by atoms with E-state index in [0.29, 0.717) is 0 Å². The zero-order valence-corrected chi connectivity index (χ0v) is 6.42. The molecule has 8 heteroatoms. The summed E-state index contributed by atoms with van der Waals surface area (Å²) in [6.45, 7) is 0. The summed E-state index contributed by atoms with van der Waals surface area (Å²) in [4.78, 5) is 0. The Labute approximate surface area is 70.8 Å². The van der Waals surface area contributed by atoms with Gasteiger partial charge in [-0.25, -0.2) is 0 Å². The molecule has 0 aliphatic heterocycles. The molecular weight excluding hydrogens is 221 g/mol. The molecule has 0 fully saturated rings. The highest BCUT2D eigenvalue weighted by Gasteiger charge is 2.43. The third-order valence-electron chi connectivity index (χ3n) is 0.401. The Morgan fingerprint density at radius 1 is 0.636 bits per heavy atom. The molecule has 0 saturated heterocycles. The molecule has 0 aliphatic rings. The van der Waals surface area contributed by atoms with Gasteiger partial charge in [0.25, 0.3) is 0 Å². The van der Waals surface area contributed by atoms with Crippen LogP contribution in [-0.2, 0) is 0 Å². The van der Waals surface area contributed by atoms with E-state index in [4.69, 9.17) is 0 Å². The van der Waals surface area contributed by atoms with Gasteiger partial charge in [0.15, 0.2) is 0 Å². The van der Waals surface area contributed by atoms with E-state index in [9.17, 15) is 26.3 Å². The van der Waals surface area contributed by atoms with Crippen molar-refractivity contribution >= 4 is 24.8 Å². The monoisotopic (exact) mass is 224 g/mol. The number of hydrogen-bond donors (Lipinski definition) is 0. The molecule has 0 nitrogen and oxygen atoms in total. The summed E-state index contributed by atoms with van der Waals surface area (Å²) in [5.41, 5.74) is 0. The molecule has 11 heavy (non-hydrogen) atoms. The highest BCUT2D eigenvalue weighted by Crippen LogP contribution is 2.31. The Morgan fingerprint density at radius 2 is 0.818 bits per heavy atom. The number of rotatable bonds is 0. The Bertz CT molecular complexity index is 81.0. The van der Waals surface area contributed by atoms with Crippen molar-refractivity contribution in [1.29, 1.82) is 0 Å². The van der Waals surface area contributed by atoms with Crippen molar-refractivity contribution in [2.24, 2.45) is 0 Å². The fraction of sp³-hybridized carbons (Fsp3) is 1.00. The Hall–Kier alpha value is 0.160. The highest BCUT2D eigenvalue weighted by molar-refractivity contribution is 5.85. The smallest absolute Gasteiger partial charge is 0.171 e. The second kappa shape index (κ2) is 4.92. The maximum absolute atomic E-state index is 10.8. The van der Waals surface area contributed by atoms with Crippen molar-refractivity contribution in [3.8, 4) is 0 Å². The SMILES string of the molecule is Cl.Cl.FC(F)(F)CC(F)(F)F. The number of alkyl halides is 6. The molecule has 0 aliphatic carbocycles. The molecule has 0 spiro atoms. The van der Waals surface area contributed by atoms with Crippen LogP contribution in [-0.4, -0.2) is 12.4 Å². The average Bonchev–Trinajstić information content (AvgIpc) is 1.14. The minimum Gasteiger partial charge on any atom is -0.171 e. The zero-order valence-electron chi connectivity index (χ0n) is 4.79. The van der Waals surface area contributed by atoms with Gasteiger partial charge in [0.1, 0.15) is 6.42 Å². The van der Waals surface area contributed by atoms with Crippen molar-refractivity contribution in [3.05, 3.63) is 0 Å². The molecule has 0 radical (unpaired) electrons. The summed E-state index contributed by atoms with van der Waals surface area (Å²) in [5.74, 6) is 0. The topological polar surface area (TPSA) is 0 Å². The van der Waals surface area contributed by atoms with E-state index in [0.717, 1.165) is 0 Å². The van der Waals surface area contributed by atoms with Crippen LogP contribution >= 0.6 is 24.8 Å². The second-order valence-electron chi connectivity index (χ2n) is 1.41. The standard InChI is InChI=1S/C3H2F6.2ClH/c4-2(5,6)1-3(7,8)9;;/h1H2;2*1H. The summed E-state index contributed by atoms with van der Waals surface area (Å²) in [5, 5.41) is 0. The van der Waals surface area contributed by atoms with Crippen molar-refractivity contribution in [3.63, 3.8) is 0 Å². The van der Waals surface area contributed by atoms with E-state index in [1.807, 2.05) is 0 Å². The molecule has 0 N–H and O–H groups in total. The Morgan fingerprint density at radius 3 is 0.818 bits per heavy atom. The first-order valence-corrected chi connectivity index (χ1v) is 1.84. The Balaban J connectivity index is -0.000000320. The fourth-order valence-electron chi connectivity index (χ4n) is 0.227. The lowest BCUT2D eigenvalue weighted by atomic mass is 10.4. The summed E-state index contributed by atoms with van der Waals surface area (Å²) in [7, 11) is 0. The normalized spacial score (nSPS) is 11.5. The van der Waals surface area contributed by atoms with Gasteiger partial charge in [-0.2, -0.15) is 26.3 Å². The van der Waals surface area contributed by atoms with Crippen LogP contribution in [0.3, 0.4) is 0 Å². The van der Waals surface area contributed by atoms with Crippen LogP contribution in [0.1, 0.15) is 6.42 Å². The van der Waals surface area contributed by atoms with Crippen molar-refractivity contribution in [1.82, 2.24) is 0 Å². The van der Waals surface area contributed by atoms with Crippen LogP contribution in [0.25, 0.3) is 0 Å². The molecule has 0 aromatic rings. The van der Waals surface area contributed by atoms with Crippen LogP contribution in [0.2, 0.25) is 0 Å². The van der Waals surface area contributed by atoms with Crippen molar-refractivity contribution < 1.29 is 26.3 Å². The number of halogens is 8. The Kier molecular flexibility index (Phi) is 7.74. The largest absolute Gasteiger partial charge is 0.397 e. The second-order valence-corrected chi connectivity index (χ2v) is 1.41. The van der Waals surface area contributed by atoms with Gasteiger partial charge in [-0.1, -0.05) is 0 Å². The minimum atomic E-state index is -5.14. The quantitative estimate of drug-likeness (QED) is 0.554. The van der Waals surface area contributed by atoms with Crippen LogP contribution in [0.5, 0.6) is 0 Å². The predicted octanol–water partition coefficient (Wildman–Crippen LogP) is 3.34. The number of hydrogen-bond acceptors (Lipinski definition) is 0. The van der Waals surface area contributed by atoms with Gasteiger partial charge in [-0.05, 0) is 0 Å². The van der Waals surface area contributed by atoms with Gasteiger partial charge in [-0.15, -0.1) is 24.8 Å². The average molecular weight is 225 g/mol. The van der Waals surface area contributed by atoms with E-state index < -0.39 is 18.8 Å². The first-order valence-electron chi connectivity index (χ1n) is 1.84. The van der Waals surface area contributed by atoms with Gasteiger partial charge < -0.3 is 0 Å². The summed E-state index contributed by atoms with van der Waals surface area (Å²) < 4.78 is 65.0. The van der Waals surface area contributed by atoms with Gasteiger partial charge in [0.2, 0.25) is 0 Å². The molecule has 0 bridgehead atoms. The maximum atomic E-state index is 10.8. The molecule has 72 valence electrons. The molecular formula is C3H4Cl2F6. The van der Waals surface area contributed by atoms with Gasteiger partial charge in [0, 0.05) is 0 Å². The van der Waals surface area contributed by atoms with Crippen molar-refractivity contribution in [2.45, 2.75) is 18.8 Å². The lowest BCUT2D eigenvalue weighted by molar-refractivity contribution is -0.232. The molecule has 0 amide bonds. The van der Waals surface area contributed by atoms with Gasteiger partial charge >= 0.3 is 12.4 Å². The molecule has 0 rings (SSSR count). The summed E-state index contributed by atoms with van der Waals surface area (Å²) in [6, 6.07) is 0. The van der Waals surface area contributed by atoms with E-state index in [1.54, 1.807) is 0 Å². The predicted molar refractivity (Wildman–Crippen MR) is 31.2 cm³/mol. The molecule has 0 aromatic heterocycles. The molecule has 0 atom stereocenters. The maximum Gasteiger partial charge on any atom is 0.397 e. The van der Waals surface area contributed by atoms with Crippen LogP contribution < -0.4 is 0 Å². The molecule has 0 heterocycles. The highest BCUT2D eigenvalue weighted by atomic mass is 35.5. The van der Waals surface area contributed by atoms with E-state index in [1.165, 1.54) is 0 Å².